The van der Waals surface area contributed by atoms with Crippen molar-refractivity contribution < 1.29 is 9.32 Å². The summed E-state index contributed by atoms with van der Waals surface area (Å²) in [6, 6.07) is 0.198. The van der Waals surface area contributed by atoms with Crippen molar-refractivity contribution in [2.45, 2.75) is 52.0 Å². The first-order valence-electron chi connectivity index (χ1n) is 6.91. The van der Waals surface area contributed by atoms with E-state index < -0.39 is 0 Å². The van der Waals surface area contributed by atoms with E-state index in [2.05, 4.69) is 10.1 Å². The van der Waals surface area contributed by atoms with E-state index in [0.29, 0.717) is 5.91 Å². The van der Waals surface area contributed by atoms with Gasteiger partial charge in [-0.15, -0.1) is 0 Å². The van der Waals surface area contributed by atoms with Gasteiger partial charge in [-0.1, -0.05) is 11.6 Å². The number of carbonyl (C=O) groups excluding carboxylic acids is 1. The van der Waals surface area contributed by atoms with Crippen LogP contribution in [0.5, 0.6) is 0 Å². The van der Waals surface area contributed by atoms with E-state index in [0.717, 1.165) is 49.2 Å². The Bertz CT molecular complexity index is 443. The van der Waals surface area contributed by atoms with Crippen molar-refractivity contribution in [2.24, 2.45) is 5.92 Å². The Morgan fingerprint density at radius 3 is 2.61 bits per heavy atom. The second-order valence-electron chi connectivity index (χ2n) is 5.56. The van der Waals surface area contributed by atoms with Crippen LogP contribution in [0.15, 0.2) is 4.52 Å². The zero-order chi connectivity index (χ0) is 12.7. The molecule has 4 heteroatoms. The van der Waals surface area contributed by atoms with Gasteiger partial charge < -0.3 is 9.42 Å². The molecule has 2 fully saturated rings. The summed E-state index contributed by atoms with van der Waals surface area (Å²) in [5.41, 5.74) is 2.07. The quantitative estimate of drug-likeness (QED) is 0.808. The molecule has 1 aliphatic heterocycles. The number of likely N-dealkylation sites (tertiary alicyclic amines) is 1. The minimum atomic E-state index is 0.198. The fraction of sp³-hybridized carbons (Fsp3) is 0.714. The summed E-state index contributed by atoms with van der Waals surface area (Å²) in [5.74, 6) is 1.50. The van der Waals surface area contributed by atoms with Crippen molar-refractivity contribution in [3.63, 3.8) is 0 Å². The Morgan fingerprint density at radius 1 is 1.28 bits per heavy atom. The highest BCUT2D eigenvalue weighted by Gasteiger charge is 2.38. The van der Waals surface area contributed by atoms with Crippen LogP contribution in [-0.4, -0.2) is 22.5 Å². The van der Waals surface area contributed by atoms with Gasteiger partial charge in [0.1, 0.15) is 5.76 Å². The van der Waals surface area contributed by atoms with E-state index in [-0.39, 0.29) is 12.0 Å². The molecule has 0 N–H and O–H groups in total. The van der Waals surface area contributed by atoms with Crippen molar-refractivity contribution >= 4 is 5.91 Å². The molecule has 0 radical (unpaired) electrons. The standard InChI is InChI=1S/C14H20N2O2/c1-9-13(10(2)18-15-9)12-7-4-8-16(12)14(17)11-5-3-6-11/h11-12H,3-8H2,1-2H3/t12-/m0/s1. The van der Waals surface area contributed by atoms with E-state index >= 15 is 0 Å². The van der Waals surface area contributed by atoms with Crippen molar-refractivity contribution in [1.29, 1.82) is 0 Å². The molecule has 1 aromatic rings. The zero-order valence-corrected chi connectivity index (χ0v) is 11.1. The number of nitrogens with zero attached hydrogens (tertiary/aromatic N) is 2. The average molecular weight is 248 g/mol. The van der Waals surface area contributed by atoms with E-state index in [1.165, 1.54) is 6.42 Å². The molecular formula is C14H20N2O2. The number of aromatic nitrogens is 1. The molecular weight excluding hydrogens is 228 g/mol. The predicted octanol–water partition coefficient (Wildman–Crippen LogP) is 2.76. The maximum absolute atomic E-state index is 12.4. The lowest BCUT2D eigenvalue weighted by molar-refractivity contribution is -0.139. The van der Waals surface area contributed by atoms with E-state index in [9.17, 15) is 4.79 Å². The number of hydrogen-bond acceptors (Lipinski definition) is 3. The molecule has 2 heterocycles. The molecule has 1 aromatic heterocycles. The second-order valence-corrected chi connectivity index (χ2v) is 5.56. The van der Waals surface area contributed by atoms with Gasteiger partial charge in [0.05, 0.1) is 11.7 Å². The van der Waals surface area contributed by atoms with Gasteiger partial charge in [0, 0.05) is 18.0 Å². The molecule has 3 rings (SSSR count). The van der Waals surface area contributed by atoms with Crippen molar-refractivity contribution in [1.82, 2.24) is 10.1 Å². The molecule has 2 aliphatic rings. The normalized spacial score (nSPS) is 24.3. The second kappa shape index (κ2) is 4.41. The molecule has 1 saturated carbocycles. The summed E-state index contributed by atoms with van der Waals surface area (Å²) in [4.78, 5) is 14.5. The molecule has 1 atom stereocenters. The fourth-order valence-electron chi connectivity index (χ4n) is 3.19. The average Bonchev–Trinajstić information content (AvgIpc) is 2.83. The van der Waals surface area contributed by atoms with Gasteiger partial charge in [-0.2, -0.15) is 0 Å². The Kier molecular flexibility index (Phi) is 2.88. The molecule has 0 spiro atoms. The molecule has 1 saturated heterocycles. The maximum atomic E-state index is 12.4. The van der Waals surface area contributed by atoms with Crippen LogP contribution in [0.25, 0.3) is 0 Å². The highest BCUT2D eigenvalue weighted by Crippen LogP contribution is 2.39. The summed E-state index contributed by atoms with van der Waals surface area (Å²) in [6.07, 6.45) is 5.49. The van der Waals surface area contributed by atoms with Gasteiger partial charge in [0.25, 0.3) is 0 Å². The highest BCUT2D eigenvalue weighted by molar-refractivity contribution is 5.80. The largest absolute Gasteiger partial charge is 0.361 e. The van der Waals surface area contributed by atoms with Gasteiger partial charge in [-0.25, -0.2) is 0 Å². The van der Waals surface area contributed by atoms with Crippen molar-refractivity contribution in [3.05, 3.63) is 17.0 Å². The van der Waals surface area contributed by atoms with Crippen LogP contribution in [0.1, 0.15) is 55.2 Å². The molecule has 4 nitrogen and oxygen atoms in total. The van der Waals surface area contributed by atoms with Crippen molar-refractivity contribution in [3.8, 4) is 0 Å². The van der Waals surface area contributed by atoms with Crippen LogP contribution in [0.2, 0.25) is 0 Å². The monoisotopic (exact) mass is 248 g/mol. The lowest BCUT2D eigenvalue weighted by Gasteiger charge is -2.32. The number of amides is 1. The van der Waals surface area contributed by atoms with Crippen LogP contribution >= 0.6 is 0 Å². The molecule has 0 unspecified atom stereocenters. The number of carbonyl (C=O) groups is 1. The highest BCUT2D eigenvalue weighted by atomic mass is 16.5. The summed E-state index contributed by atoms with van der Waals surface area (Å²) >= 11 is 0. The third-order valence-corrected chi connectivity index (χ3v) is 4.41. The third kappa shape index (κ3) is 1.74. The summed E-state index contributed by atoms with van der Waals surface area (Å²) in [5, 5.41) is 4.02. The Hall–Kier alpha value is -1.32. The first-order valence-corrected chi connectivity index (χ1v) is 6.91. The van der Waals surface area contributed by atoms with Gasteiger partial charge in [0.15, 0.2) is 0 Å². The molecule has 0 bridgehead atoms. The van der Waals surface area contributed by atoms with Crippen LogP contribution in [0, 0.1) is 19.8 Å². The number of rotatable bonds is 2. The predicted molar refractivity (Wildman–Crippen MR) is 67.0 cm³/mol. The lowest BCUT2D eigenvalue weighted by atomic mass is 9.84. The molecule has 18 heavy (non-hydrogen) atoms. The minimum Gasteiger partial charge on any atom is -0.361 e. The van der Waals surface area contributed by atoms with Crippen molar-refractivity contribution in [2.75, 3.05) is 6.54 Å². The van der Waals surface area contributed by atoms with Gasteiger partial charge in [0.2, 0.25) is 5.91 Å². The fourth-order valence-corrected chi connectivity index (χ4v) is 3.19. The first-order chi connectivity index (χ1) is 8.68. The third-order valence-electron chi connectivity index (χ3n) is 4.41. The Morgan fingerprint density at radius 2 is 2.06 bits per heavy atom. The van der Waals surface area contributed by atoms with E-state index in [1.807, 2.05) is 13.8 Å². The smallest absolute Gasteiger partial charge is 0.226 e. The Labute approximate surface area is 107 Å². The minimum absolute atomic E-state index is 0.198. The van der Waals surface area contributed by atoms with Crippen LogP contribution in [0.4, 0.5) is 0 Å². The summed E-state index contributed by atoms with van der Waals surface area (Å²) in [7, 11) is 0. The van der Waals surface area contributed by atoms with Crippen LogP contribution in [0.3, 0.4) is 0 Å². The lowest BCUT2D eigenvalue weighted by Crippen LogP contribution is -2.38. The molecule has 98 valence electrons. The molecule has 1 amide bonds. The number of hydrogen-bond donors (Lipinski definition) is 0. The first kappa shape index (κ1) is 11.8. The summed E-state index contributed by atoms with van der Waals surface area (Å²) < 4.78 is 5.25. The zero-order valence-electron chi connectivity index (χ0n) is 11.1. The van der Waals surface area contributed by atoms with E-state index in [4.69, 9.17) is 4.52 Å². The van der Waals surface area contributed by atoms with Crippen LogP contribution < -0.4 is 0 Å². The maximum Gasteiger partial charge on any atom is 0.226 e. The topological polar surface area (TPSA) is 46.3 Å². The number of aryl methyl sites for hydroxylation is 2. The van der Waals surface area contributed by atoms with E-state index in [1.54, 1.807) is 0 Å². The van der Waals surface area contributed by atoms with Gasteiger partial charge in [-0.05, 0) is 39.5 Å². The van der Waals surface area contributed by atoms with Gasteiger partial charge >= 0.3 is 0 Å². The Balaban J connectivity index is 1.84. The summed E-state index contributed by atoms with van der Waals surface area (Å²) in [6.45, 7) is 4.81. The molecule has 1 aliphatic carbocycles. The van der Waals surface area contributed by atoms with Gasteiger partial charge in [-0.3, -0.25) is 4.79 Å². The van der Waals surface area contributed by atoms with Crippen LogP contribution in [-0.2, 0) is 4.79 Å². The molecule has 0 aromatic carbocycles. The SMILES string of the molecule is Cc1noc(C)c1[C@@H]1CCCN1C(=O)C1CCC1.